The van der Waals surface area contributed by atoms with E-state index in [-0.39, 0.29) is 18.0 Å². The molecule has 2 aromatic rings. The van der Waals surface area contributed by atoms with Gasteiger partial charge in [-0.05, 0) is 30.2 Å². The monoisotopic (exact) mass is 325 g/mol. The molecule has 24 heavy (non-hydrogen) atoms. The molecule has 2 rings (SSSR count). The number of rotatable bonds is 5. The van der Waals surface area contributed by atoms with Crippen molar-refractivity contribution in [3.8, 4) is 0 Å². The van der Waals surface area contributed by atoms with Gasteiger partial charge in [0.05, 0.1) is 6.04 Å². The van der Waals surface area contributed by atoms with E-state index in [4.69, 9.17) is 0 Å². The van der Waals surface area contributed by atoms with E-state index in [2.05, 4.69) is 10.6 Å². The second-order valence-corrected chi connectivity index (χ2v) is 5.81. The van der Waals surface area contributed by atoms with E-state index < -0.39 is 0 Å². The van der Waals surface area contributed by atoms with Gasteiger partial charge in [-0.25, -0.2) is 4.79 Å². The number of amides is 3. The van der Waals surface area contributed by atoms with E-state index in [0.29, 0.717) is 12.2 Å². The zero-order valence-electron chi connectivity index (χ0n) is 14.2. The molecule has 0 fully saturated rings. The summed E-state index contributed by atoms with van der Waals surface area (Å²) in [6.45, 7) is 3.97. The molecule has 1 atom stereocenters. The minimum Gasteiger partial charge on any atom is -0.342 e. The lowest BCUT2D eigenvalue weighted by Crippen LogP contribution is -2.31. The van der Waals surface area contributed by atoms with E-state index in [0.717, 1.165) is 11.1 Å². The van der Waals surface area contributed by atoms with Crippen molar-refractivity contribution in [1.82, 2.24) is 10.2 Å². The Labute approximate surface area is 142 Å². The Kier molecular flexibility index (Phi) is 5.95. The summed E-state index contributed by atoms with van der Waals surface area (Å²) in [5, 5.41) is 5.74. The first-order valence-electron chi connectivity index (χ1n) is 7.89. The van der Waals surface area contributed by atoms with Crippen molar-refractivity contribution in [3.63, 3.8) is 0 Å². The number of benzene rings is 2. The fourth-order valence-electron chi connectivity index (χ4n) is 2.32. The van der Waals surface area contributed by atoms with Crippen molar-refractivity contribution in [2.24, 2.45) is 0 Å². The predicted octanol–water partition coefficient (Wildman–Crippen LogP) is 3.55. The third kappa shape index (κ3) is 5.12. The molecule has 1 unspecified atom stereocenters. The quantitative estimate of drug-likeness (QED) is 0.883. The summed E-state index contributed by atoms with van der Waals surface area (Å²) in [5.41, 5.74) is 2.70. The van der Waals surface area contributed by atoms with Crippen LogP contribution in [-0.4, -0.2) is 23.9 Å². The normalized spacial score (nSPS) is 11.5. The van der Waals surface area contributed by atoms with Crippen LogP contribution in [0.5, 0.6) is 0 Å². The smallest absolute Gasteiger partial charge is 0.319 e. The van der Waals surface area contributed by atoms with Gasteiger partial charge >= 0.3 is 6.03 Å². The van der Waals surface area contributed by atoms with Gasteiger partial charge in [0, 0.05) is 26.2 Å². The van der Waals surface area contributed by atoms with Gasteiger partial charge < -0.3 is 15.5 Å². The molecule has 2 aromatic carbocycles. The molecule has 0 radical (unpaired) electrons. The molecular formula is C19H23N3O2. The maximum Gasteiger partial charge on any atom is 0.319 e. The van der Waals surface area contributed by atoms with E-state index in [1.807, 2.05) is 61.5 Å². The summed E-state index contributed by atoms with van der Waals surface area (Å²) in [5.74, 6) is 0.00258. The van der Waals surface area contributed by atoms with E-state index in [1.165, 1.54) is 6.92 Å². The first-order chi connectivity index (χ1) is 11.5. The SMILES string of the molecule is CC(=O)N(C)Cc1cccc(NC(=O)NC(C)c2ccccc2)c1. The molecule has 0 aliphatic rings. The lowest BCUT2D eigenvalue weighted by molar-refractivity contribution is -0.128. The molecule has 0 aliphatic heterocycles. The minimum atomic E-state index is -0.261. The minimum absolute atomic E-state index is 0.00258. The van der Waals surface area contributed by atoms with Crippen LogP contribution in [0.15, 0.2) is 54.6 Å². The number of carbonyl (C=O) groups excluding carboxylic acids is 2. The summed E-state index contributed by atoms with van der Waals surface area (Å²) in [4.78, 5) is 25.1. The molecule has 0 aliphatic carbocycles. The highest BCUT2D eigenvalue weighted by Gasteiger charge is 2.10. The molecule has 0 saturated heterocycles. The van der Waals surface area contributed by atoms with Crippen LogP contribution >= 0.6 is 0 Å². The van der Waals surface area contributed by atoms with Gasteiger partial charge in [0.25, 0.3) is 0 Å². The Morgan fingerprint density at radius 3 is 2.46 bits per heavy atom. The van der Waals surface area contributed by atoms with Gasteiger partial charge in [0.15, 0.2) is 0 Å². The summed E-state index contributed by atoms with van der Waals surface area (Å²) >= 11 is 0. The topological polar surface area (TPSA) is 61.4 Å². The first kappa shape index (κ1) is 17.5. The van der Waals surface area contributed by atoms with Crippen molar-refractivity contribution in [2.75, 3.05) is 12.4 Å². The van der Waals surface area contributed by atoms with Crippen LogP contribution in [0, 0.1) is 0 Å². The van der Waals surface area contributed by atoms with Crippen molar-refractivity contribution < 1.29 is 9.59 Å². The Bertz CT molecular complexity index is 701. The Hall–Kier alpha value is -2.82. The third-order valence-electron chi connectivity index (χ3n) is 3.79. The van der Waals surface area contributed by atoms with Crippen LogP contribution in [0.3, 0.4) is 0 Å². The van der Waals surface area contributed by atoms with Crippen LogP contribution in [0.2, 0.25) is 0 Å². The van der Waals surface area contributed by atoms with Crippen LogP contribution in [0.4, 0.5) is 10.5 Å². The number of hydrogen-bond acceptors (Lipinski definition) is 2. The molecule has 2 N–H and O–H groups in total. The van der Waals surface area contributed by atoms with E-state index in [1.54, 1.807) is 11.9 Å². The number of urea groups is 1. The van der Waals surface area contributed by atoms with Crippen molar-refractivity contribution in [2.45, 2.75) is 26.4 Å². The highest BCUT2D eigenvalue weighted by molar-refractivity contribution is 5.89. The second kappa shape index (κ2) is 8.15. The maximum absolute atomic E-state index is 12.2. The number of nitrogens with one attached hydrogen (secondary N) is 2. The van der Waals surface area contributed by atoms with Crippen molar-refractivity contribution in [3.05, 3.63) is 65.7 Å². The second-order valence-electron chi connectivity index (χ2n) is 5.81. The summed E-state index contributed by atoms with van der Waals surface area (Å²) < 4.78 is 0. The van der Waals surface area contributed by atoms with Gasteiger partial charge in [0.1, 0.15) is 0 Å². The van der Waals surface area contributed by atoms with E-state index in [9.17, 15) is 9.59 Å². The molecule has 0 spiro atoms. The largest absolute Gasteiger partial charge is 0.342 e. The maximum atomic E-state index is 12.2. The summed E-state index contributed by atoms with van der Waals surface area (Å²) in [6, 6.07) is 16.9. The van der Waals surface area contributed by atoms with Crippen molar-refractivity contribution >= 4 is 17.6 Å². The molecule has 0 aromatic heterocycles. The van der Waals surface area contributed by atoms with Crippen LogP contribution in [-0.2, 0) is 11.3 Å². The Morgan fingerprint density at radius 1 is 1.08 bits per heavy atom. The molecule has 0 bridgehead atoms. The average Bonchev–Trinajstić information content (AvgIpc) is 2.55. The highest BCUT2D eigenvalue weighted by atomic mass is 16.2. The van der Waals surface area contributed by atoms with Crippen LogP contribution < -0.4 is 10.6 Å². The summed E-state index contributed by atoms with van der Waals surface area (Å²) in [6.07, 6.45) is 0. The standard InChI is InChI=1S/C19H23N3O2/c1-14(17-9-5-4-6-10-17)20-19(24)21-18-11-7-8-16(12-18)13-22(3)15(2)23/h4-12,14H,13H2,1-3H3,(H2,20,21,24). The lowest BCUT2D eigenvalue weighted by atomic mass is 10.1. The number of hydrogen-bond donors (Lipinski definition) is 2. The van der Waals surface area contributed by atoms with Gasteiger partial charge in [-0.1, -0.05) is 42.5 Å². The predicted molar refractivity (Wildman–Crippen MR) is 95.6 cm³/mol. The molecule has 0 heterocycles. The number of nitrogens with zero attached hydrogens (tertiary/aromatic N) is 1. The first-order valence-corrected chi connectivity index (χ1v) is 7.89. The molecule has 5 heteroatoms. The van der Waals surface area contributed by atoms with Gasteiger partial charge in [-0.3, -0.25) is 4.79 Å². The fourth-order valence-corrected chi connectivity index (χ4v) is 2.32. The number of carbonyl (C=O) groups is 2. The Balaban J connectivity index is 1.95. The Morgan fingerprint density at radius 2 is 1.79 bits per heavy atom. The zero-order chi connectivity index (χ0) is 17.5. The molecule has 3 amide bonds. The lowest BCUT2D eigenvalue weighted by Gasteiger charge is -2.17. The average molecular weight is 325 g/mol. The van der Waals surface area contributed by atoms with Gasteiger partial charge in [-0.2, -0.15) is 0 Å². The van der Waals surface area contributed by atoms with Crippen LogP contribution in [0.1, 0.15) is 31.0 Å². The number of anilines is 1. The van der Waals surface area contributed by atoms with Gasteiger partial charge in [-0.15, -0.1) is 0 Å². The molecule has 126 valence electrons. The van der Waals surface area contributed by atoms with Gasteiger partial charge in [0.2, 0.25) is 5.91 Å². The highest BCUT2D eigenvalue weighted by Crippen LogP contribution is 2.14. The van der Waals surface area contributed by atoms with Crippen molar-refractivity contribution in [1.29, 1.82) is 0 Å². The summed E-state index contributed by atoms with van der Waals surface area (Å²) in [7, 11) is 1.75. The zero-order valence-corrected chi connectivity index (χ0v) is 14.2. The molecule has 5 nitrogen and oxygen atoms in total. The molecular weight excluding hydrogens is 302 g/mol. The third-order valence-corrected chi connectivity index (χ3v) is 3.79. The fraction of sp³-hybridized carbons (Fsp3) is 0.263. The van der Waals surface area contributed by atoms with E-state index >= 15 is 0 Å². The molecule has 0 saturated carbocycles. The van der Waals surface area contributed by atoms with Crippen LogP contribution in [0.25, 0.3) is 0 Å².